The zero-order valence-corrected chi connectivity index (χ0v) is 12.1. The lowest BCUT2D eigenvalue weighted by Gasteiger charge is -2.35. The highest BCUT2D eigenvalue weighted by Gasteiger charge is 2.30. The summed E-state index contributed by atoms with van der Waals surface area (Å²) < 4.78 is 16.8. The van der Waals surface area contributed by atoms with E-state index in [1.807, 2.05) is 12.1 Å². The van der Waals surface area contributed by atoms with Gasteiger partial charge in [0.1, 0.15) is 5.75 Å². The molecular weight excluding hydrogens is 254 g/mol. The van der Waals surface area contributed by atoms with E-state index in [-0.39, 0.29) is 6.10 Å². The van der Waals surface area contributed by atoms with E-state index in [2.05, 4.69) is 17.0 Å². The molecule has 0 amide bonds. The Labute approximate surface area is 120 Å². The van der Waals surface area contributed by atoms with Crippen LogP contribution in [0, 0.1) is 0 Å². The van der Waals surface area contributed by atoms with Gasteiger partial charge in [-0.3, -0.25) is 4.90 Å². The fraction of sp³-hybridized carbons (Fsp3) is 0.625. The van der Waals surface area contributed by atoms with Crippen LogP contribution in [0.2, 0.25) is 0 Å². The largest absolute Gasteiger partial charge is 0.497 e. The van der Waals surface area contributed by atoms with Crippen LogP contribution in [0.25, 0.3) is 0 Å². The minimum atomic E-state index is 0.240. The molecule has 1 aromatic carbocycles. The molecule has 0 saturated carbocycles. The molecule has 2 aliphatic rings. The Morgan fingerprint density at radius 2 is 1.95 bits per heavy atom. The van der Waals surface area contributed by atoms with Gasteiger partial charge in [0.25, 0.3) is 0 Å². The van der Waals surface area contributed by atoms with Gasteiger partial charge in [0.15, 0.2) is 0 Å². The summed E-state index contributed by atoms with van der Waals surface area (Å²) in [4.78, 5) is 2.46. The second-order valence-electron chi connectivity index (χ2n) is 5.54. The molecule has 20 heavy (non-hydrogen) atoms. The van der Waals surface area contributed by atoms with Crippen molar-refractivity contribution in [2.24, 2.45) is 0 Å². The predicted molar refractivity (Wildman–Crippen MR) is 77.0 cm³/mol. The molecule has 2 heterocycles. The van der Waals surface area contributed by atoms with Gasteiger partial charge in [-0.1, -0.05) is 12.1 Å². The van der Waals surface area contributed by atoms with E-state index in [0.717, 1.165) is 45.0 Å². The van der Waals surface area contributed by atoms with E-state index < -0.39 is 0 Å². The molecule has 0 radical (unpaired) electrons. The Balaban J connectivity index is 1.56. The van der Waals surface area contributed by atoms with Crippen LogP contribution in [0.3, 0.4) is 0 Å². The van der Waals surface area contributed by atoms with E-state index in [0.29, 0.717) is 6.10 Å². The lowest BCUT2D eigenvalue weighted by molar-refractivity contribution is -0.0959. The zero-order chi connectivity index (χ0) is 13.8. The number of ether oxygens (including phenoxy) is 3. The van der Waals surface area contributed by atoms with Crippen molar-refractivity contribution in [3.63, 3.8) is 0 Å². The minimum Gasteiger partial charge on any atom is -0.497 e. The molecule has 0 aliphatic carbocycles. The smallest absolute Gasteiger partial charge is 0.118 e. The maximum Gasteiger partial charge on any atom is 0.118 e. The second kappa shape index (κ2) is 6.57. The molecule has 0 spiro atoms. The average Bonchev–Trinajstić information content (AvgIpc) is 3.03. The summed E-state index contributed by atoms with van der Waals surface area (Å²) >= 11 is 0. The van der Waals surface area contributed by atoms with Gasteiger partial charge in [0.2, 0.25) is 0 Å². The first-order valence-corrected chi connectivity index (χ1v) is 7.43. The van der Waals surface area contributed by atoms with E-state index >= 15 is 0 Å². The Bertz CT molecular complexity index is 414. The summed E-state index contributed by atoms with van der Waals surface area (Å²) in [7, 11) is 1.70. The average molecular weight is 277 g/mol. The third kappa shape index (κ3) is 3.32. The molecule has 3 rings (SSSR count). The first-order valence-electron chi connectivity index (χ1n) is 7.43. The summed E-state index contributed by atoms with van der Waals surface area (Å²) in [6.07, 6.45) is 2.85. The van der Waals surface area contributed by atoms with Crippen LogP contribution in [0.1, 0.15) is 18.4 Å². The summed E-state index contributed by atoms with van der Waals surface area (Å²) in [5.74, 6) is 0.910. The highest BCUT2D eigenvalue weighted by atomic mass is 16.5. The highest BCUT2D eigenvalue weighted by Crippen LogP contribution is 2.22. The maximum absolute atomic E-state index is 5.88. The van der Waals surface area contributed by atoms with Gasteiger partial charge in [0.05, 0.1) is 25.9 Å². The number of hydrogen-bond donors (Lipinski definition) is 0. The van der Waals surface area contributed by atoms with Crippen molar-refractivity contribution in [3.8, 4) is 5.75 Å². The molecule has 110 valence electrons. The zero-order valence-electron chi connectivity index (χ0n) is 12.1. The van der Waals surface area contributed by atoms with Crippen molar-refractivity contribution in [2.75, 3.05) is 33.4 Å². The SMILES string of the molecule is COc1ccc(CN2CCO[C@H]([C@H]3CCCO3)C2)cc1. The first kappa shape index (κ1) is 13.9. The summed E-state index contributed by atoms with van der Waals surface area (Å²) in [6.45, 7) is 4.63. The van der Waals surface area contributed by atoms with Crippen LogP contribution in [0.4, 0.5) is 0 Å². The van der Waals surface area contributed by atoms with Gasteiger partial charge in [-0.05, 0) is 30.5 Å². The Hall–Kier alpha value is -1.10. The van der Waals surface area contributed by atoms with E-state index in [9.17, 15) is 0 Å². The van der Waals surface area contributed by atoms with Crippen LogP contribution in [-0.4, -0.2) is 50.5 Å². The maximum atomic E-state index is 5.88. The molecule has 4 nitrogen and oxygen atoms in total. The van der Waals surface area contributed by atoms with Gasteiger partial charge >= 0.3 is 0 Å². The predicted octanol–water partition coefficient (Wildman–Crippen LogP) is 2.08. The van der Waals surface area contributed by atoms with Gasteiger partial charge in [-0.15, -0.1) is 0 Å². The van der Waals surface area contributed by atoms with Gasteiger partial charge in [0, 0.05) is 26.2 Å². The second-order valence-corrected chi connectivity index (χ2v) is 5.54. The number of rotatable bonds is 4. The molecule has 1 aromatic rings. The Morgan fingerprint density at radius 1 is 1.15 bits per heavy atom. The number of morpholine rings is 1. The van der Waals surface area contributed by atoms with Crippen molar-refractivity contribution in [2.45, 2.75) is 31.6 Å². The van der Waals surface area contributed by atoms with Gasteiger partial charge in [-0.25, -0.2) is 0 Å². The van der Waals surface area contributed by atoms with Crippen LogP contribution in [-0.2, 0) is 16.0 Å². The third-order valence-corrected chi connectivity index (χ3v) is 4.12. The number of methoxy groups -OCH3 is 1. The van der Waals surface area contributed by atoms with Crippen molar-refractivity contribution < 1.29 is 14.2 Å². The molecule has 2 atom stereocenters. The van der Waals surface area contributed by atoms with E-state index in [1.165, 1.54) is 12.0 Å². The van der Waals surface area contributed by atoms with Crippen molar-refractivity contribution in [1.29, 1.82) is 0 Å². The van der Waals surface area contributed by atoms with Gasteiger partial charge < -0.3 is 14.2 Å². The fourth-order valence-electron chi connectivity index (χ4n) is 2.99. The minimum absolute atomic E-state index is 0.240. The van der Waals surface area contributed by atoms with Crippen LogP contribution in [0.15, 0.2) is 24.3 Å². The topological polar surface area (TPSA) is 30.9 Å². The number of benzene rings is 1. The summed E-state index contributed by atoms with van der Waals surface area (Å²) in [5.41, 5.74) is 1.32. The molecule has 0 bridgehead atoms. The molecule has 2 fully saturated rings. The number of hydrogen-bond acceptors (Lipinski definition) is 4. The first-order chi connectivity index (χ1) is 9.85. The van der Waals surface area contributed by atoms with Gasteiger partial charge in [-0.2, -0.15) is 0 Å². The summed E-state index contributed by atoms with van der Waals surface area (Å²) in [6, 6.07) is 8.31. The standard InChI is InChI=1S/C16H23NO3/c1-18-14-6-4-13(5-7-14)11-17-8-10-20-16(12-17)15-3-2-9-19-15/h4-7,15-16H,2-3,8-12H2,1H3/t15-,16+/m1/s1. The number of nitrogens with zero attached hydrogens (tertiary/aromatic N) is 1. The molecular formula is C16H23NO3. The quantitative estimate of drug-likeness (QED) is 0.843. The van der Waals surface area contributed by atoms with E-state index in [1.54, 1.807) is 7.11 Å². The van der Waals surface area contributed by atoms with E-state index in [4.69, 9.17) is 14.2 Å². The molecule has 0 aromatic heterocycles. The molecule has 2 saturated heterocycles. The Morgan fingerprint density at radius 3 is 2.65 bits per heavy atom. The van der Waals surface area contributed by atoms with Crippen molar-refractivity contribution >= 4 is 0 Å². The Kier molecular flexibility index (Phi) is 4.55. The lowest BCUT2D eigenvalue weighted by Crippen LogP contribution is -2.47. The fourth-order valence-corrected chi connectivity index (χ4v) is 2.99. The molecule has 4 heteroatoms. The van der Waals surface area contributed by atoms with Crippen molar-refractivity contribution in [3.05, 3.63) is 29.8 Å². The lowest BCUT2D eigenvalue weighted by atomic mass is 10.1. The third-order valence-electron chi connectivity index (χ3n) is 4.12. The van der Waals surface area contributed by atoms with Crippen LogP contribution in [0.5, 0.6) is 5.75 Å². The summed E-state index contributed by atoms with van der Waals surface area (Å²) in [5, 5.41) is 0. The monoisotopic (exact) mass is 277 g/mol. The highest BCUT2D eigenvalue weighted by molar-refractivity contribution is 5.27. The van der Waals surface area contributed by atoms with Crippen LogP contribution < -0.4 is 4.74 Å². The normalized spacial score (nSPS) is 27.6. The molecule has 0 N–H and O–H groups in total. The van der Waals surface area contributed by atoms with Crippen molar-refractivity contribution in [1.82, 2.24) is 4.90 Å². The van der Waals surface area contributed by atoms with Crippen LogP contribution >= 0.6 is 0 Å². The molecule has 2 aliphatic heterocycles. The molecule has 0 unspecified atom stereocenters.